The van der Waals surface area contributed by atoms with Crippen LogP contribution in [0, 0.1) is 0 Å². The van der Waals surface area contributed by atoms with E-state index < -0.39 is 0 Å². The molecule has 5 heteroatoms. The van der Waals surface area contributed by atoms with E-state index in [9.17, 15) is 9.59 Å². The lowest BCUT2D eigenvalue weighted by atomic mass is 10.0. The maximum atomic E-state index is 12.2. The van der Waals surface area contributed by atoms with Gasteiger partial charge >= 0.3 is 5.97 Å². The number of amides is 1. The van der Waals surface area contributed by atoms with E-state index in [4.69, 9.17) is 4.74 Å². The van der Waals surface area contributed by atoms with Gasteiger partial charge in [0.15, 0.2) is 0 Å². The molecule has 0 unspecified atom stereocenters. The smallest absolute Gasteiger partial charge is 0.343 e. The van der Waals surface area contributed by atoms with Crippen molar-refractivity contribution in [2.24, 2.45) is 0 Å². The predicted octanol–water partition coefficient (Wildman–Crippen LogP) is 3.77. The van der Waals surface area contributed by atoms with Gasteiger partial charge in [0, 0.05) is 16.5 Å². The molecule has 2 aromatic rings. The molecule has 4 nitrogen and oxygen atoms in total. The molecular formula is C18H16INO3. The number of anilines is 1. The highest BCUT2D eigenvalue weighted by molar-refractivity contribution is 14.1. The van der Waals surface area contributed by atoms with Gasteiger partial charge in [0.2, 0.25) is 5.91 Å². The third-order valence-corrected chi connectivity index (χ3v) is 4.29. The van der Waals surface area contributed by atoms with E-state index in [2.05, 4.69) is 27.9 Å². The molecule has 0 fully saturated rings. The number of aryl methyl sites for hydroxylation is 2. The first-order valence-electron chi connectivity index (χ1n) is 7.45. The second kappa shape index (κ2) is 7.12. The van der Waals surface area contributed by atoms with Gasteiger partial charge in [0.1, 0.15) is 5.75 Å². The Bertz CT molecular complexity index is 740. The lowest BCUT2D eigenvalue weighted by Gasteiger charge is -2.17. The van der Waals surface area contributed by atoms with Crippen LogP contribution in [-0.2, 0) is 17.6 Å². The molecule has 1 amide bonds. The van der Waals surface area contributed by atoms with Crippen LogP contribution in [0.15, 0.2) is 42.5 Å². The lowest BCUT2D eigenvalue weighted by molar-refractivity contribution is -0.116. The van der Waals surface area contributed by atoms with Crippen LogP contribution in [0.5, 0.6) is 5.75 Å². The highest BCUT2D eigenvalue weighted by Crippen LogP contribution is 2.27. The zero-order chi connectivity index (χ0) is 16.2. The summed E-state index contributed by atoms with van der Waals surface area (Å²) >= 11 is 2.33. The Kier molecular flexibility index (Phi) is 4.95. The first kappa shape index (κ1) is 16.0. The van der Waals surface area contributed by atoms with Gasteiger partial charge in [-0.05, 0) is 54.3 Å². The van der Waals surface area contributed by atoms with Crippen molar-refractivity contribution in [2.75, 3.05) is 9.74 Å². The molecule has 2 aromatic carbocycles. The predicted molar refractivity (Wildman–Crippen MR) is 97.4 cm³/mol. The minimum Gasteiger partial charge on any atom is -0.423 e. The number of esters is 1. The number of carbonyl (C=O) groups excluding carboxylic acids is 2. The molecule has 0 aromatic heterocycles. The van der Waals surface area contributed by atoms with Gasteiger partial charge in [0.05, 0.1) is 5.56 Å². The average Bonchev–Trinajstić information content (AvgIpc) is 2.56. The Hall–Kier alpha value is -1.89. The van der Waals surface area contributed by atoms with Crippen LogP contribution in [0.4, 0.5) is 5.69 Å². The Morgan fingerprint density at radius 2 is 1.91 bits per heavy atom. The third-order valence-electron chi connectivity index (χ3n) is 3.76. The van der Waals surface area contributed by atoms with Crippen LogP contribution >= 0.6 is 22.6 Å². The summed E-state index contributed by atoms with van der Waals surface area (Å²) in [4.78, 5) is 23.6. The number of nitrogens with one attached hydrogen (secondary N) is 1. The monoisotopic (exact) mass is 421 g/mol. The largest absolute Gasteiger partial charge is 0.423 e. The van der Waals surface area contributed by atoms with E-state index in [1.807, 2.05) is 18.2 Å². The fraction of sp³-hybridized carbons (Fsp3) is 0.222. The number of ether oxygens (including phenoxy) is 1. The van der Waals surface area contributed by atoms with E-state index in [-0.39, 0.29) is 11.9 Å². The Morgan fingerprint density at radius 3 is 2.65 bits per heavy atom. The van der Waals surface area contributed by atoms with Gasteiger partial charge in [-0.2, -0.15) is 0 Å². The van der Waals surface area contributed by atoms with Crippen LogP contribution < -0.4 is 10.1 Å². The normalized spacial score (nSPS) is 13.2. The first-order valence-corrected chi connectivity index (χ1v) is 8.98. The summed E-state index contributed by atoms with van der Waals surface area (Å²) in [7, 11) is 0. The molecule has 23 heavy (non-hydrogen) atoms. The Balaban J connectivity index is 1.71. The summed E-state index contributed by atoms with van der Waals surface area (Å²) in [6, 6.07) is 12.8. The number of hydrogen-bond acceptors (Lipinski definition) is 3. The summed E-state index contributed by atoms with van der Waals surface area (Å²) in [5.41, 5.74) is 3.53. The van der Waals surface area contributed by atoms with Gasteiger partial charge in [-0.1, -0.05) is 34.7 Å². The average molecular weight is 421 g/mol. The van der Waals surface area contributed by atoms with Crippen molar-refractivity contribution in [3.05, 3.63) is 59.2 Å². The molecule has 0 spiro atoms. The van der Waals surface area contributed by atoms with Crippen molar-refractivity contribution in [1.82, 2.24) is 0 Å². The number of hydrogen-bond donors (Lipinski definition) is 1. The van der Waals surface area contributed by atoms with Crippen molar-refractivity contribution >= 4 is 40.2 Å². The van der Waals surface area contributed by atoms with Gasteiger partial charge in [-0.3, -0.25) is 4.79 Å². The van der Waals surface area contributed by atoms with Crippen LogP contribution in [0.3, 0.4) is 0 Å². The third kappa shape index (κ3) is 3.90. The SMILES string of the molecule is O=C1CCc2cc(OC(=O)c3ccc(CCI)cc3)ccc2N1. The molecule has 1 aliphatic heterocycles. The van der Waals surface area contributed by atoms with Crippen LogP contribution in [0.1, 0.15) is 27.9 Å². The Labute approximate surface area is 148 Å². The van der Waals surface area contributed by atoms with Gasteiger partial charge in [-0.25, -0.2) is 4.79 Å². The molecule has 0 atom stereocenters. The summed E-state index contributed by atoms with van der Waals surface area (Å²) in [6.07, 6.45) is 2.12. The second-order valence-corrected chi connectivity index (χ2v) is 6.47. The fourth-order valence-electron chi connectivity index (χ4n) is 2.51. The van der Waals surface area contributed by atoms with E-state index in [0.29, 0.717) is 24.2 Å². The zero-order valence-electron chi connectivity index (χ0n) is 12.5. The number of halogens is 1. The maximum Gasteiger partial charge on any atom is 0.343 e. The lowest BCUT2D eigenvalue weighted by Crippen LogP contribution is -2.19. The molecule has 118 valence electrons. The summed E-state index contributed by atoms with van der Waals surface area (Å²) in [5, 5.41) is 2.81. The van der Waals surface area contributed by atoms with E-state index >= 15 is 0 Å². The summed E-state index contributed by atoms with van der Waals surface area (Å²) in [6.45, 7) is 0. The number of fused-ring (bicyclic) bond motifs is 1. The molecule has 1 N–H and O–H groups in total. The fourth-order valence-corrected chi connectivity index (χ4v) is 3.13. The molecule has 1 heterocycles. The van der Waals surface area contributed by atoms with E-state index in [1.165, 1.54) is 5.56 Å². The van der Waals surface area contributed by atoms with Crippen LogP contribution in [0.2, 0.25) is 0 Å². The maximum absolute atomic E-state index is 12.2. The number of rotatable bonds is 4. The van der Waals surface area contributed by atoms with Gasteiger partial charge in [-0.15, -0.1) is 0 Å². The first-order chi connectivity index (χ1) is 11.2. The van der Waals surface area contributed by atoms with E-state index in [1.54, 1.807) is 24.3 Å². The second-order valence-electron chi connectivity index (χ2n) is 5.39. The summed E-state index contributed by atoms with van der Waals surface area (Å²) in [5.74, 6) is 0.154. The quantitative estimate of drug-likeness (QED) is 0.354. The van der Waals surface area contributed by atoms with E-state index in [0.717, 1.165) is 22.1 Å². The minimum absolute atomic E-state index is 0.0221. The van der Waals surface area contributed by atoms with Crippen molar-refractivity contribution in [2.45, 2.75) is 19.3 Å². The molecule has 0 radical (unpaired) electrons. The number of benzene rings is 2. The highest BCUT2D eigenvalue weighted by atomic mass is 127. The molecule has 0 saturated heterocycles. The molecule has 0 saturated carbocycles. The molecule has 3 rings (SSSR count). The van der Waals surface area contributed by atoms with Gasteiger partial charge < -0.3 is 10.1 Å². The van der Waals surface area contributed by atoms with Crippen molar-refractivity contribution < 1.29 is 14.3 Å². The van der Waals surface area contributed by atoms with Gasteiger partial charge in [0.25, 0.3) is 0 Å². The Morgan fingerprint density at radius 1 is 1.13 bits per heavy atom. The standard InChI is InChI=1S/C18H16INO3/c19-10-9-12-1-3-13(4-2-12)18(22)23-15-6-7-16-14(11-15)5-8-17(21)20-16/h1-4,6-7,11H,5,8-10H2,(H,20,21). The molecule has 1 aliphatic rings. The van der Waals surface area contributed by atoms with Crippen LogP contribution in [0.25, 0.3) is 0 Å². The molecule has 0 aliphatic carbocycles. The number of alkyl halides is 1. The van der Waals surface area contributed by atoms with Crippen molar-refractivity contribution in [1.29, 1.82) is 0 Å². The zero-order valence-corrected chi connectivity index (χ0v) is 14.6. The highest BCUT2D eigenvalue weighted by Gasteiger charge is 2.16. The van der Waals surface area contributed by atoms with Crippen molar-refractivity contribution in [3.63, 3.8) is 0 Å². The minimum atomic E-state index is -0.370. The molecule has 0 bridgehead atoms. The topological polar surface area (TPSA) is 55.4 Å². The van der Waals surface area contributed by atoms with Crippen LogP contribution in [-0.4, -0.2) is 16.3 Å². The summed E-state index contributed by atoms with van der Waals surface area (Å²) < 4.78 is 6.49. The van der Waals surface area contributed by atoms with Crippen molar-refractivity contribution in [3.8, 4) is 5.75 Å². The molecular weight excluding hydrogens is 405 g/mol. The number of carbonyl (C=O) groups is 2.